The zero-order valence-corrected chi connectivity index (χ0v) is 10.5. The maximum atomic E-state index is 11.7. The number of aromatic nitrogens is 4. The summed E-state index contributed by atoms with van der Waals surface area (Å²) in [4.78, 5) is 23.3. The van der Waals surface area contributed by atoms with Gasteiger partial charge in [0.15, 0.2) is 0 Å². The van der Waals surface area contributed by atoms with Crippen LogP contribution in [-0.4, -0.2) is 32.2 Å². The molecule has 7 heteroatoms. The molecule has 2 heterocycles. The van der Waals surface area contributed by atoms with E-state index in [1.165, 1.54) is 0 Å². The lowest BCUT2D eigenvalue weighted by Gasteiger charge is -1.95. The minimum absolute atomic E-state index is 0.0838. The number of carbonyl (C=O) groups is 2. The number of hydrogen-bond acceptors (Lipinski definition) is 6. The Morgan fingerprint density at radius 1 is 1.32 bits per heavy atom. The second kappa shape index (κ2) is 6.03. The highest BCUT2D eigenvalue weighted by molar-refractivity contribution is 6.42. The Morgan fingerprint density at radius 2 is 2.11 bits per heavy atom. The lowest BCUT2D eigenvalue weighted by atomic mass is 10.1. The van der Waals surface area contributed by atoms with Gasteiger partial charge < -0.3 is 4.42 Å². The normalized spacial score (nSPS) is 10.6. The van der Waals surface area contributed by atoms with E-state index in [0.29, 0.717) is 5.76 Å². The number of furan rings is 1. The second-order valence-corrected chi connectivity index (χ2v) is 4.14. The highest BCUT2D eigenvalue weighted by Crippen LogP contribution is 2.12. The first-order chi connectivity index (χ1) is 9.20. The molecule has 0 saturated carbocycles. The van der Waals surface area contributed by atoms with Crippen LogP contribution in [0.2, 0.25) is 0 Å². The van der Waals surface area contributed by atoms with Gasteiger partial charge in [-0.15, -0.1) is 10.2 Å². The molecule has 0 aromatic carbocycles. The van der Waals surface area contributed by atoms with Gasteiger partial charge in [0.05, 0.1) is 6.42 Å². The summed E-state index contributed by atoms with van der Waals surface area (Å²) in [5.41, 5.74) is 0. The van der Waals surface area contributed by atoms with Crippen LogP contribution in [0.1, 0.15) is 41.9 Å². The fourth-order valence-electron chi connectivity index (χ4n) is 1.62. The molecule has 0 amide bonds. The largest absolute Gasteiger partial charge is 0.466 e. The molecule has 0 aliphatic carbocycles. The topological polar surface area (TPSA) is 102 Å². The van der Waals surface area contributed by atoms with Gasteiger partial charge in [-0.05, 0) is 23.8 Å². The number of hydrogen-bond donors (Lipinski definition) is 1. The molecular formula is C12H14N4O3. The van der Waals surface area contributed by atoms with E-state index in [4.69, 9.17) is 4.42 Å². The first-order valence-corrected chi connectivity index (χ1v) is 6.09. The van der Waals surface area contributed by atoms with Gasteiger partial charge in [0.2, 0.25) is 11.6 Å². The molecule has 0 spiro atoms. The number of rotatable bonds is 7. The third-order valence-electron chi connectivity index (χ3n) is 2.63. The maximum absolute atomic E-state index is 11.7. The van der Waals surface area contributed by atoms with Gasteiger partial charge in [0.25, 0.3) is 5.78 Å². The molecule has 0 aliphatic heterocycles. The smallest absolute Gasteiger partial charge is 0.269 e. The Kier molecular flexibility index (Phi) is 4.17. The van der Waals surface area contributed by atoms with Crippen LogP contribution >= 0.6 is 0 Å². The maximum Gasteiger partial charge on any atom is 0.269 e. The summed E-state index contributed by atoms with van der Waals surface area (Å²) in [6.45, 7) is 2.09. The van der Waals surface area contributed by atoms with Crippen LogP contribution in [0, 0.1) is 0 Å². The molecule has 0 unspecified atom stereocenters. The van der Waals surface area contributed by atoms with Crippen molar-refractivity contribution in [1.82, 2.24) is 20.6 Å². The summed E-state index contributed by atoms with van der Waals surface area (Å²) >= 11 is 0. The van der Waals surface area contributed by atoms with E-state index < -0.39 is 11.6 Å². The van der Waals surface area contributed by atoms with Crippen molar-refractivity contribution in [3.05, 3.63) is 29.5 Å². The van der Waals surface area contributed by atoms with Gasteiger partial charge in [-0.25, -0.2) is 0 Å². The molecule has 0 radical (unpaired) electrons. The van der Waals surface area contributed by atoms with E-state index in [1.54, 1.807) is 6.07 Å². The standard InChI is InChI=1S/C12H14N4O3/c1-2-3-4-8-5-6-9(19-8)7-10(17)11(18)12-13-15-16-14-12/h5-6H,2-4,7H2,1H3,(H,13,14,15,16). The summed E-state index contributed by atoms with van der Waals surface area (Å²) < 4.78 is 5.49. The molecule has 2 rings (SSSR count). The third-order valence-corrected chi connectivity index (χ3v) is 2.63. The van der Waals surface area contributed by atoms with E-state index in [0.717, 1.165) is 25.0 Å². The summed E-state index contributed by atoms with van der Waals surface area (Å²) in [5, 5.41) is 12.3. The van der Waals surface area contributed by atoms with Crippen LogP contribution in [0.3, 0.4) is 0 Å². The molecular weight excluding hydrogens is 248 g/mol. The van der Waals surface area contributed by atoms with Crippen LogP contribution in [-0.2, 0) is 17.6 Å². The van der Waals surface area contributed by atoms with Crippen molar-refractivity contribution in [1.29, 1.82) is 0 Å². The van der Waals surface area contributed by atoms with Crippen molar-refractivity contribution in [2.45, 2.75) is 32.6 Å². The molecule has 2 aromatic heterocycles. The van der Waals surface area contributed by atoms with E-state index in [1.807, 2.05) is 6.07 Å². The zero-order chi connectivity index (χ0) is 13.7. The number of H-pyrrole nitrogens is 1. The Labute approximate surface area is 109 Å². The van der Waals surface area contributed by atoms with E-state index in [9.17, 15) is 9.59 Å². The minimum atomic E-state index is -0.764. The molecule has 2 aromatic rings. The van der Waals surface area contributed by atoms with Crippen LogP contribution in [0.4, 0.5) is 0 Å². The predicted molar refractivity (Wildman–Crippen MR) is 64.5 cm³/mol. The molecule has 1 N–H and O–H groups in total. The fraction of sp³-hybridized carbons (Fsp3) is 0.417. The van der Waals surface area contributed by atoms with Crippen molar-refractivity contribution in [2.24, 2.45) is 0 Å². The van der Waals surface area contributed by atoms with Gasteiger partial charge >= 0.3 is 0 Å². The quantitative estimate of drug-likeness (QED) is 0.592. The number of nitrogens with one attached hydrogen (secondary N) is 1. The van der Waals surface area contributed by atoms with Crippen molar-refractivity contribution < 1.29 is 14.0 Å². The number of Topliss-reactive ketones (excluding diaryl/α,β-unsaturated/α-hetero) is 2. The second-order valence-electron chi connectivity index (χ2n) is 4.14. The van der Waals surface area contributed by atoms with Crippen molar-refractivity contribution in [3.8, 4) is 0 Å². The SMILES string of the molecule is CCCCc1ccc(CC(=O)C(=O)c2nn[nH]n2)o1. The zero-order valence-electron chi connectivity index (χ0n) is 10.5. The number of ketones is 2. The lowest BCUT2D eigenvalue weighted by Crippen LogP contribution is -2.18. The molecule has 0 aliphatic rings. The Bertz CT molecular complexity index is 559. The molecule has 7 nitrogen and oxygen atoms in total. The molecule has 0 atom stereocenters. The summed E-state index contributed by atoms with van der Waals surface area (Å²) in [6.07, 6.45) is 2.86. The molecule has 100 valence electrons. The monoisotopic (exact) mass is 262 g/mol. The molecule has 0 saturated heterocycles. The van der Waals surface area contributed by atoms with E-state index in [2.05, 4.69) is 27.5 Å². The van der Waals surface area contributed by atoms with Crippen molar-refractivity contribution in [3.63, 3.8) is 0 Å². The van der Waals surface area contributed by atoms with E-state index >= 15 is 0 Å². The average molecular weight is 262 g/mol. The predicted octanol–water partition coefficient (Wildman–Crippen LogP) is 1.13. The lowest BCUT2D eigenvalue weighted by molar-refractivity contribution is -0.114. The van der Waals surface area contributed by atoms with Crippen LogP contribution in [0.25, 0.3) is 0 Å². The Hall–Kier alpha value is -2.31. The fourth-order valence-corrected chi connectivity index (χ4v) is 1.62. The van der Waals surface area contributed by atoms with Gasteiger partial charge in [-0.2, -0.15) is 5.21 Å². The number of unbranched alkanes of at least 4 members (excludes halogenated alkanes) is 1. The van der Waals surface area contributed by atoms with Gasteiger partial charge in [0.1, 0.15) is 11.5 Å². The first kappa shape index (κ1) is 13.1. The van der Waals surface area contributed by atoms with Crippen molar-refractivity contribution >= 4 is 11.6 Å². The molecule has 0 fully saturated rings. The highest BCUT2D eigenvalue weighted by atomic mass is 16.3. The van der Waals surface area contributed by atoms with E-state index in [-0.39, 0.29) is 12.2 Å². The van der Waals surface area contributed by atoms with Crippen molar-refractivity contribution in [2.75, 3.05) is 0 Å². The number of aryl methyl sites for hydroxylation is 1. The first-order valence-electron chi connectivity index (χ1n) is 6.09. The number of tetrazole rings is 1. The number of carbonyl (C=O) groups excluding carboxylic acids is 2. The summed E-state index contributed by atoms with van der Waals surface area (Å²) in [5.74, 6) is -0.287. The van der Waals surface area contributed by atoms with Crippen LogP contribution in [0.5, 0.6) is 0 Å². The summed E-state index contributed by atoms with van der Waals surface area (Å²) in [7, 11) is 0. The summed E-state index contributed by atoms with van der Waals surface area (Å²) in [6, 6.07) is 3.55. The van der Waals surface area contributed by atoms with Crippen LogP contribution in [0.15, 0.2) is 16.5 Å². The molecule has 0 bridgehead atoms. The van der Waals surface area contributed by atoms with Gasteiger partial charge in [-0.1, -0.05) is 13.3 Å². The number of nitrogens with zero attached hydrogens (tertiary/aromatic N) is 3. The van der Waals surface area contributed by atoms with Gasteiger partial charge in [0, 0.05) is 6.42 Å². The van der Waals surface area contributed by atoms with Crippen LogP contribution < -0.4 is 0 Å². The Balaban J connectivity index is 1.95. The highest BCUT2D eigenvalue weighted by Gasteiger charge is 2.21. The third kappa shape index (κ3) is 3.34. The number of aromatic amines is 1. The Morgan fingerprint density at radius 3 is 2.79 bits per heavy atom. The average Bonchev–Trinajstić information content (AvgIpc) is 3.06. The minimum Gasteiger partial charge on any atom is -0.466 e. The van der Waals surface area contributed by atoms with Gasteiger partial charge in [-0.3, -0.25) is 9.59 Å². The molecule has 19 heavy (non-hydrogen) atoms.